The Morgan fingerprint density at radius 1 is 1.05 bits per heavy atom. The lowest BCUT2D eigenvalue weighted by atomic mass is 9.57. The minimum absolute atomic E-state index is 0.134. The van der Waals surface area contributed by atoms with Gasteiger partial charge in [0, 0.05) is 30.1 Å². The van der Waals surface area contributed by atoms with Crippen LogP contribution in [-0.4, -0.2) is 33.6 Å². The topological polar surface area (TPSA) is 63.9 Å². The second-order valence-electron chi connectivity index (χ2n) is 12.2. The fourth-order valence-electron chi connectivity index (χ4n) is 6.90. The molecule has 2 N–H and O–H groups in total. The number of aromatic hydroxyl groups is 1. The number of phenolic OH excluding ortho intramolecular Hbond substituents is 1. The molecule has 1 fully saturated rings. The summed E-state index contributed by atoms with van der Waals surface area (Å²) in [5.74, 6) is 1.30. The highest BCUT2D eigenvalue weighted by molar-refractivity contribution is 6.01. The number of ether oxygens (including phenoxy) is 2. The third-order valence-electron chi connectivity index (χ3n) is 9.26. The molecule has 0 radical (unpaired) electrons. The second kappa shape index (κ2) is 9.41. The number of halogens is 1. The summed E-state index contributed by atoms with van der Waals surface area (Å²) in [5, 5.41) is 22.7. The Morgan fingerprint density at radius 3 is 2.45 bits per heavy atom. The number of aromatic nitrogens is 1. The van der Waals surface area contributed by atoms with Crippen LogP contribution in [0, 0.1) is 17.2 Å². The number of nitrogens with zero attached hydrogens (tertiary/aromatic N) is 1. The molecule has 1 aromatic heterocycles. The molecule has 6 rings (SSSR count). The molecule has 0 bridgehead atoms. The van der Waals surface area contributed by atoms with Crippen molar-refractivity contribution in [2.24, 2.45) is 18.4 Å². The maximum atomic E-state index is 13.5. The Morgan fingerprint density at radius 2 is 1.75 bits per heavy atom. The minimum Gasteiger partial charge on any atom is -0.504 e. The van der Waals surface area contributed by atoms with Crippen LogP contribution in [0.4, 0.5) is 4.39 Å². The van der Waals surface area contributed by atoms with Crippen molar-refractivity contribution in [2.75, 3.05) is 7.11 Å². The van der Waals surface area contributed by atoms with Gasteiger partial charge in [0.25, 0.3) is 0 Å². The largest absolute Gasteiger partial charge is 0.504 e. The lowest BCUT2D eigenvalue weighted by molar-refractivity contribution is -0.138. The van der Waals surface area contributed by atoms with Crippen molar-refractivity contribution in [1.29, 1.82) is 0 Å². The molecule has 0 spiro atoms. The van der Waals surface area contributed by atoms with E-state index in [1.165, 1.54) is 12.1 Å². The molecule has 208 valence electrons. The molecule has 3 aromatic carbocycles. The minimum atomic E-state index is -0.418. The number of fused-ring (bicyclic) bond motifs is 3. The van der Waals surface area contributed by atoms with E-state index in [1.54, 1.807) is 25.3 Å². The molecule has 1 aliphatic heterocycles. The molecule has 2 heterocycles. The van der Waals surface area contributed by atoms with Gasteiger partial charge in [-0.25, -0.2) is 4.39 Å². The zero-order chi connectivity index (χ0) is 28.4. The summed E-state index contributed by atoms with van der Waals surface area (Å²) in [6.07, 6.45) is 7.84. The first kappa shape index (κ1) is 26.5. The maximum absolute atomic E-state index is 13.5. The number of hydrogen-bond acceptors (Lipinski definition) is 4. The van der Waals surface area contributed by atoms with E-state index in [0.717, 1.165) is 57.3 Å². The van der Waals surface area contributed by atoms with Crippen molar-refractivity contribution >= 4 is 23.1 Å². The smallest absolute Gasteiger partial charge is 0.164 e. The Labute approximate surface area is 234 Å². The summed E-state index contributed by atoms with van der Waals surface area (Å²) >= 11 is 0. The van der Waals surface area contributed by atoms with Gasteiger partial charge >= 0.3 is 0 Å². The van der Waals surface area contributed by atoms with Crippen LogP contribution >= 0.6 is 0 Å². The van der Waals surface area contributed by atoms with Crippen LogP contribution in [0.3, 0.4) is 0 Å². The number of hydrogen-bond donors (Lipinski definition) is 2. The molecule has 6 heteroatoms. The summed E-state index contributed by atoms with van der Waals surface area (Å²) in [4.78, 5) is 0. The van der Waals surface area contributed by atoms with Gasteiger partial charge in [0.15, 0.2) is 11.5 Å². The average Bonchev–Trinajstić information content (AvgIpc) is 3.26. The van der Waals surface area contributed by atoms with Crippen molar-refractivity contribution < 1.29 is 24.1 Å². The Hall–Kier alpha value is -3.77. The van der Waals surface area contributed by atoms with Gasteiger partial charge in [0.05, 0.1) is 18.7 Å². The Bertz CT molecular complexity index is 1630. The highest BCUT2D eigenvalue weighted by Gasteiger charge is 2.54. The normalized spacial score (nSPS) is 23.6. The Kier molecular flexibility index (Phi) is 6.22. The van der Waals surface area contributed by atoms with Crippen LogP contribution in [0.2, 0.25) is 0 Å². The zero-order valence-electron chi connectivity index (χ0n) is 23.7. The number of aliphatic hydroxyl groups is 1. The lowest BCUT2D eigenvalue weighted by Crippen LogP contribution is -2.58. The standard InChI is InChI=1S/C34H36FNO4/c1-33(2)29-18-23-14-20(16-27(37)32(23)40-34(29,3)13-12-30(33)38)6-7-21-15-26-31(28(17-21)39-5)25(19-36(26)4)22-8-10-24(35)11-9-22/h6-11,14-17,19,29-30,37-38H,12-13,18H2,1-5H3/t29-,30-,34-/m1/s1. The number of methoxy groups -OCH3 is 1. The van der Waals surface area contributed by atoms with E-state index in [1.807, 2.05) is 36.0 Å². The molecule has 0 amide bonds. The SMILES string of the molecule is COc1cc(C=Cc2cc(O)c3c(c2)C[C@@H]2C(C)(C)[C@H](O)CC[C@@]2(C)O3)cc2c1c(-c1ccc(F)cc1)cn2C. The molecule has 2 aliphatic rings. The molecule has 40 heavy (non-hydrogen) atoms. The quantitative estimate of drug-likeness (QED) is 0.265. The fraction of sp³-hybridized carbons (Fsp3) is 0.353. The highest BCUT2D eigenvalue weighted by Crippen LogP contribution is 2.54. The first-order valence-electron chi connectivity index (χ1n) is 13.8. The van der Waals surface area contributed by atoms with Gasteiger partial charge in [-0.1, -0.05) is 38.1 Å². The van der Waals surface area contributed by atoms with Crippen molar-refractivity contribution in [3.63, 3.8) is 0 Å². The number of aliphatic hydroxyl groups excluding tert-OH is 1. The first-order valence-corrected chi connectivity index (χ1v) is 13.8. The highest BCUT2D eigenvalue weighted by atomic mass is 19.1. The molecule has 5 nitrogen and oxygen atoms in total. The van der Waals surface area contributed by atoms with Crippen LogP contribution in [-0.2, 0) is 13.5 Å². The summed E-state index contributed by atoms with van der Waals surface area (Å²) in [6.45, 7) is 6.34. The van der Waals surface area contributed by atoms with Gasteiger partial charge in [-0.15, -0.1) is 0 Å². The van der Waals surface area contributed by atoms with Crippen LogP contribution < -0.4 is 9.47 Å². The third-order valence-corrected chi connectivity index (χ3v) is 9.26. The lowest BCUT2D eigenvalue weighted by Gasteiger charge is -2.55. The average molecular weight is 542 g/mol. The summed E-state index contributed by atoms with van der Waals surface area (Å²) in [6, 6.07) is 14.4. The van der Waals surface area contributed by atoms with Gasteiger partial charge in [0.1, 0.15) is 17.2 Å². The second-order valence-corrected chi connectivity index (χ2v) is 12.2. The van der Waals surface area contributed by atoms with Gasteiger partial charge in [-0.3, -0.25) is 0 Å². The van der Waals surface area contributed by atoms with Crippen molar-refractivity contribution in [2.45, 2.75) is 51.7 Å². The van der Waals surface area contributed by atoms with Gasteiger partial charge < -0.3 is 24.3 Å². The summed E-state index contributed by atoms with van der Waals surface area (Å²) in [7, 11) is 3.64. The molecule has 1 aliphatic carbocycles. The number of aryl methyl sites for hydroxylation is 1. The zero-order valence-corrected chi connectivity index (χ0v) is 23.7. The first-order chi connectivity index (χ1) is 19.0. The summed E-state index contributed by atoms with van der Waals surface area (Å²) < 4.78 is 27.9. The van der Waals surface area contributed by atoms with Crippen molar-refractivity contribution in [3.05, 3.63) is 77.2 Å². The van der Waals surface area contributed by atoms with E-state index in [0.29, 0.717) is 12.2 Å². The van der Waals surface area contributed by atoms with Gasteiger partial charge in [0.2, 0.25) is 0 Å². The van der Waals surface area contributed by atoms with E-state index in [-0.39, 0.29) is 29.0 Å². The molecule has 4 aromatic rings. The predicted octanol–water partition coefficient (Wildman–Crippen LogP) is 7.36. The summed E-state index contributed by atoms with van der Waals surface area (Å²) in [5.41, 5.74) is 4.97. The maximum Gasteiger partial charge on any atom is 0.164 e. The molecule has 1 saturated carbocycles. The predicted molar refractivity (Wildman–Crippen MR) is 157 cm³/mol. The van der Waals surface area contributed by atoms with E-state index < -0.39 is 5.60 Å². The number of phenols is 1. The van der Waals surface area contributed by atoms with Crippen LogP contribution in [0.25, 0.3) is 34.2 Å². The van der Waals surface area contributed by atoms with Gasteiger partial charge in [-0.2, -0.15) is 0 Å². The Balaban J connectivity index is 1.35. The van der Waals surface area contributed by atoms with Crippen LogP contribution in [0.1, 0.15) is 50.3 Å². The van der Waals surface area contributed by atoms with Crippen LogP contribution in [0.15, 0.2) is 54.7 Å². The van der Waals surface area contributed by atoms with E-state index >= 15 is 0 Å². The molecular weight excluding hydrogens is 505 g/mol. The molecule has 3 atom stereocenters. The fourth-order valence-corrected chi connectivity index (χ4v) is 6.90. The van der Waals surface area contributed by atoms with Crippen LogP contribution in [0.5, 0.6) is 17.2 Å². The molecule has 0 unspecified atom stereocenters. The molecule has 0 saturated heterocycles. The number of rotatable bonds is 4. The third kappa shape index (κ3) is 4.26. The molecular formula is C34H36FNO4. The van der Waals surface area contributed by atoms with E-state index in [9.17, 15) is 14.6 Å². The van der Waals surface area contributed by atoms with Crippen molar-refractivity contribution in [3.8, 4) is 28.4 Å². The van der Waals surface area contributed by atoms with E-state index in [4.69, 9.17) is 9.47 Å². The monoisotopic (exact) mass is 541 g/mol. The van der Waals surface area contributed by atoms with E-state index in [2.05, 4.69) is 32.9 Å². The number of benzene rings is 3. The van der Waals surface area contributed by atoms with Gasteiger partial charge in [-0.05, 0) is 90.3 Å². The van der Waals surface area contributed by atoms with Crippen molar-refractivity contribution in [1.82, 2.24) is 4.57 Å².